The normalized spacial score (nSPS) is 10.7. The highest BCUT2D eigenvalue weighted by molar-refractivity contribution is 5.91. The first-order chi connectivity index (χ1) is 17.2. The molecule has 0 bridgehead atoms. The Balaban J connectivity index is 1.66. The Morgan fingerprint density at radius 2 is 1.58 bits per heavy atom. The summed E-state index contributed by atoms with van der Waals surface area (Å²) in [5.74, 6) is -4.48. The van der Waals surface area contributed by atoms with Gasteiger partial charge in [0.25, 0.3) is 11.8 Å². The summed E-state index contributed by atoms with van der Waals surface area (Å²) >= 11 is 0. The van der Waals surface area contributed by atoms with E-state index in [4.69, 9.17) is 15.2 Å². The van der Waals surface area contributed by atoms with Gasteiger partial charge in [0.15, 0.2) is 11.6 Å². The van der Waals surface area contributed by atoms with Crippen LogP contribution in [0.3, 0.4) is 0 Å². The summed E-state index contributed by atoms with van der Waals surface area (Å²) in [5.41, 5.74) is 8.77. The van der Waals surface area contributed by atoms with Crippen molar-refractivity contribution in [1.82, 2.24) is 4.98 Å². The zero-order valence-corrected chi connectivity index (χ0v) is 19.5. The molecule has 0 aliphatic rings. The number of nitrogens with two attached hydrogens (primary N) is 1. The molecule has 36 heavy (non-hydrogen) atoms. The molecule has 0 fully saturated rings. The molecule has 0 spiro atoms. The molecule has 3 N–H and O–H groups in total. The van der Waals surface area contributed by atoms with Crippen LogP contribution in [0, 0.1) is 11.6 Å². The summed E-state index contributed by atoms with van der Waals surface area (Å²) in [6.07, 6.45) is 0. The van der Waals surface area contributed by atoms with Crippen molar-refractivity contribution < 1.29 is 28.2 Å². The molecule has 3 aromatic carbocycles. The molecule has 1 aromatic heterocycles. The van der Waals surface area contributed by atoms with E-state index >= 15 is 0 Å². The molecule has 0 aliphatic heterocycles. The predicted molar refractivity (Wildman–Crippen MR) is 132 cm³/mol. The molecule has 0 atom stereocenters. The van der Waals surface area contributed by atoms with Crippen molar-refractivity contribution in [2.24, 2.45) is 5.73 Å². The van der Waals surface area contributed by atoms with E-state index in [2.05, 4.69) is 4.98 Å². The van der Waals surface area contributed by atoms with Crippen LogP contribution in [0.5, 0.6) is 23.3 Å². The highest BCUT2D eigenvalue weighted by Crippen LogP contribution is 2.34. The minimum atomic E-state index is -1.27. The van der Waals surface area contributed by atoms with Gasteiger partial charge in [-0.25, -0.2) is 13.6 Å². The Kier molecular flexibility index (Phi) is 7.12. The van der Waals surface area contributed by atoms with Crippen LogP contribution in [0.1, 0.15) is 15.9 Å². The lowest BCUT2D eigenvalue weighted by Gasteiger charge is -2.16. The van der Waals surface area contributed by atoms with Crippen molar-refractivity contribution in [3.05, 3.63) is 95.6 Å². The maximum atomic E-state index is 14.6. The fraction of sp³-hybridized carbons (Fsp3) is 0.111. The quantitative estimate of drug-likeness (QED) is 0.320. The van der Waals surface area contributed by atoms with E-state index < -0.39 is 29.4 Å². The molecule has 0 amide bonds. The zero-order valence-electron chi connectivity index (χ0n) is 19.5. The topological polar surface area (TPSA) is 97.9 Å². The monoisotopic (exact) mass is 491 g/mol. The smallest absolute Gasteiger partial charge is 0.339 e. The Hall–Kier alpha value is -4.50. The SMILES string of the molecule is CN(C)c1ccc(C(=O)O)c(Oc2nc(Oc3cccc(-c4cccc(CN)c4)c3)c(F)cc2F)c1. The molecule has 0 aliphatic carbocycles. The third-order valence-corrected chi connectivity index (χ3v) is 5.33. The van der Waals surface area contributed by atoms with Gasteiger partial charge in [-0.3, -0.25) is 0 Å². The fourth-order valence-corrected chi connectivity index (χ4v) is 3.46. The summed E-state index contributed by atoms with van der Waals surface area (Å²) in [6.45, 7) is 0.387. The Bertz CT molecular complexity index is 1430. The first-order valence-corrected chi connectivity index (χ1v) is 10.9. The third kappa shape index (κ3) is 5.42. The number of halogens is 2. The van der Waals surface area contributed by atoms with Gasteiger partial charge in [0.2, 0.25) is 0 Å². The van der Waals surface area contributed by atoms with E-state index in [9.17, 15) is 18.7 Å². The predicted octanol–water partition coefficient (Wildman–Crippen LogP) is 5.83. The third-order valence-electron chi connectivity index (χ3n) is 5.33. The Morgan fingerprint density at radius 3 is 2.25 bits per heavy atom. The van der Waals surface area contributed by atoms with Crippen molar-refractivity contribution in [3.63, 3.8) is 0 Å². The molecule has 9 heteroatoms. The summed E-state index contributed by atoms with van der Waals surface area (Å²) in [5, 5.41) is 9.49. The van der Waals surface area contributed by atoms with Crippen molar-refractivity contribution in [3.8, 4) is 34.4 Å². The van der Waals surface area contributed by atoms with E-state index in [1.54, 1.807) is 43.3 Å². The molecule has 1 heterocycles. The standard InChI is InChI=1S/C27H23F2N3O4/c1-32(2)19-9-10-21(27(33)34)24(13-19)36-26-23(29)14-22(28)25(31-26)35-20-8-4-7-18(12-20)17-6-3-5-16(11-17)15-30/h3-14H,15,30H2,1-2H3,(H,33,34). The van der Waals surface area contributed by atoms with Gasteiger partial charge in [-0.15, -0.1) is 0 Å². The van der Waals surface area contributed by atoms with Crippen LogP contribution in [-0.4, -0.2) is 30.2 Å². The maximum absolute atomic E-state index is 14.6. The van der Waals surface area contributed by atoms with Gasteiger partial charge in [-0.05, 0) is 47.0 Å². The molecule has 4 aromatic rings. The van der Waals surface area contributed by atoms with Crippen LogP contribution in [0.15, 0.2) is 72.8 Å². The number of hydrogen-bond donors (Lipinski definition) is 2. The average Bonchev–Trinajstić information content (AvgIpc) is 2.87. The first kappa shape index (κ1) is 24.6. The summed E-state index contributed by atoms with van der Waals surface area (Å²) in [7, 11) is 3.51. The van der Waals surface area contributed by atoms with Crippen molar-refractivity contribution in [1.29, 1.82) is 0 Å². The number of carbonyl (C=O) groups is 1. The van der Waals surface area contributed by atoms with Crippen molar-refractivity contribution >= 4 is 11.7 Å². The largest absolute Gasteiger partial charge is 0.478 e. The van der Waals surface area contributed by atoms with Gasteiger partial charge in [-0.2, -0.15) is 4.98 Å². The Labute approximate surface area is 206 Å². The minimum absolute atomic E-state index is 0.153. The second-order valence-electron chi connectivity index (χ2n) is 8.08. The van der Waals surface area contributed by atoms with E-state index in [1.165, 1.54) is 12.1 Å². The highest BCUT2D eigenvalue weighted by atomic mass is 19.1. The lowest BCUT2D eigenvalue weighted by Crippen LogP contribution is -2.10. The second-order valence-corrected chi connectivity index (χ2v) is 8.08. The molecule has 0 saturated heterocycles. The van der Waals surface area contributed by atoms with Gasteiger partial charge >= 0.3 is 5.97 Å². The number of rotatable bonds is 8. The van der Waals surface area contributed by atoms with Gasteiger partial charge in [0.05, 0.1) is 0 Å². The van der Waals surface area contributed by atoms with Crippen LogP contribution in [-0.2, 0) is 6.54 Å². The molecule has 4 rings (SSSR count). The number of aromatic carboxylic acids is 1. The van der Waals surface area contributed by atoms with Gasteiger partial charge in [-0.1, -0.05) is 30.3 Å². The van der Waals surface area contributed by atoms with E-state index in [-0.39, 0.29) is 17.1 Å². The number of anilines is 1. The lowest BCUT2D eigenvalue weighted by molar-refractivity contribution is 0.0694. The van der Waals surface area contributed by atoms with Crippen molar-refractivity contribution in [2.75, 3.05) is 19.0 Å². The number of nitrogens with zero attached hydrogens (tertiary/aromatic N) is 2. The number of ether oxygens (including phenoxy) is 2. The van der Waals surface area contributed by atoms with Crippen LogP contribution in [0.4, 0.5) is 14.5 Å². The minimum Gasteiger partial charge on any atom is -0.478 e. The molecule has 0 unspecified atom stereocenters. The molecule has 184 valence electrons. The van der Waals surface area contributed by atoms with Gasteiger partial charge in [0, 0.05) is 38.5 Å². The van der Waals surface area contributed by atoms with E-state index in [0.29, 0.717) is 18.3 Å². The fourth-order valence-electron chi connectivity index (χ4n) is 3.46. The highest BCUT2D eigenvalue weighted by Gasteiger charge is 2.20. The Morgan fingerprint density at radius 1 is 0.917 bits per heavy atom. The van der Waals surface area contributed by atoms with Crippen LogP contribution in [0.25, 0.3) is 11.1 Å². The number of aromatic nitrogens is 1. The van der Waals surface area contributed by atoms with Crippen LogP contribution < -0.4 is 20.1 Å². The van der Waals surface area contributed by atoms with Crippen LogP contribution in [0.2, 0.25) is 0 Å². The maximum Gasteiger partial charge on any atom is 0.339 e. The summed E-state index contributed by atoms with van der Waals surface area (Å²) in [4.78, 5) is 17.2. The summed E-state index contributed by atoms with van der Waals surface area (Å²) in [6, 6.07) is 19.4. The zero-order chi connectivity index (χ0) is 25.8. The molecule has 0 saturated carbocycles. The van der Waals surface area contributed by atoms with Crippen LogP contribution >= 0.6 is 0 Å². The molecule has 0 radical (unpaired) electrons. The molecular weight excluding hydrogens is 468 g/mol. The first-order valence-electron chi connectivity index (χ1n) is 10.9. The number of pyridine rings is 1. The van der Waals surface area contributed by atoms with E-state index in [0.717, 1.165) is 16.7 Å². The number of carboxylic acids is 1. The van der Waals surface area contributed by atoms with Crippen molar-refractivity contribution in [2.45, 2.75) is 6.54 Å². The number of hydrogen-bond acceptors (Lipinski definition) is 6. The molecule has 7 nitrogen and oxygen atoms in total. The summed E-state index contributed by atoms with van der Waals surface area (Å²) < 4.78 is 40.2. The number of benzene rings is 3. The second kappa shape index (κ2) is 10.4. The lowest BCUT2D eigenvalue weighted by atomic mass is 10.0. The number of carboxylic acid groups (broad SMARTS) is 1. The van der Waals surface area contributed by atoms with Gasteiger partial charge < -0.3 is 25.2 Å². The molecular formula is C27H23F2N3O4. The van der Waals surface area contributed by atoms with Gasteiger partial charge in [0.1, 0.15) is 17.1 Å². The van der Waals surface area contributed by atoms with E-state index in [1.807, 2.05) is 30.3 Å². The average molecular weight is 491 g/mol.